The number of piperidine rings is 1. The summed E-state index contributed by atoms with van der Waals surface area (Å²) >= 11 is 0. The Morgan fingerprint density at radius 3 is 2.55 bits per heavy atom. The third kappa shape index (κ3) is 9.75. The van der Waals surface area contributed by atoms with E-state index in [2.05, 4.69) is 49.8 Å². The molecule has 0 amide bonds. The van der Waals surface area contributed by atoms with Crippen LogP contribution < -0.4 is 15.4 Å². The van der Waals surface area contributed by atoms with Gasteiger partial charge in [0.15, 0.2) is 12.6 Å². The van der Waals surface area contributed by atoms with E-state index in [0.717, 1.165) is 32.5 Å². The van der Waals surface area contributed by atoms with Gasteiger partial charge in [0, 0.05) is 44.0 Å². The van der Waals surface area contributed by atoms with Crippen molar-refractivity contribution < 1.29 is 17.9 Å². The van der Waals surface area contributed by atoms with Crippen molar-refractivity contribution >= 4 is 29.9 Å². The lowest BCUT2D eigenvalue weighted by Crippen LogP contribution is -2.48. The molecule has 0 bridgehead atoms. The molecule has 0 atom stereocenters. The summed E-state index contributed by atoms with van der Waals surface area (Å²) in [6.07, 6.45) is -1.02. The number of pyridine rings is 1. The van der Waals surface area contributed by atoms with Crippen LogP contribution in [0.4, 0.5) is 13.2 Å². The third-order valence-electron chi connectivity index (χ3n) is 5.15. The number of halogens is 4. The molecule has 33 heavy (non-hydrogen) atoms. The van der Waals surface area contributed by atoms with Crippen LogP contribution in [0.5, 0.6) is 5.88 Å². The predicted octanol–water partition coefficient (Wildman–Crippen LogP) is 4.36. The molecule has 1 aliphatic rings. The third-order valence-corrected chi connectivity index (χ3v) is 5.15. The van der Waals surface area contributed by atoms with Crippen molar-refractivity contribution in [2.75, 3.05) is 26.2 Å². The lowest BCUT2D eigenvalue weighted by Gasteiger charge is -2.33. The van der Waals surface area contributed by atoms with E-state index in [1.165, 1.54) is 11.8 Å². The number of aliphatic imine (C=N–C) groups is 1. The number of nitrogens with one attached hydrogen (secondary N) is 2. The monoisotopic (exact) mass is 577 g/mol. The van der Waals surface area contributed by atoms with Crippen molar-refractivity contribution in [3.63, 3.8) is 0 Å². The largest absolute Gasteiger partial charge is 0.468 e. The minimum Gasteiger partial charge on any atom is -0.468 e. The Morgan fingerprint density at radius 1 is 1.15 bits per heavy atom. The molecule has 2 aromatic rings. The summed E-state index contributed by atoms with van der Waals surface area (Å²) in [6.45, 7) is 4.38. The number of aromatic nitrogens is 1. The Kier molecular flexibility index (Phi) is 11.2. The molecule has 0 saturated carbocycles. The fourth-order valence-electron chi connectivity index (χ4n) is 3.58. The molecule has 1 aromatic heterocycles. The van der Waals surface area contributed by atoms with Crippen molar-refractivity contribution in [3.05, 3.63) is 59.8 Å². The predicted molar refractivity (Wildman–Crippen MR) is 134 cm³/mol. The standard InChI is InChI=1S/C23H30F3N5O.HI/c1-2-27-22(29-15-19-9-6-12-28-21(19)32-17-23(24,25)26)30-20-10-13-31(14-11-20)16-18-7-4-3-5-8-18;/h3-9,12,20H,2,10-11,13-17H2,1H3,(H2,27,29,30);1H. The minimum absolute atomic E-state index is 0. The lowest BCUT2D eigenvalue weighted by molar-refractivity contribution is -0.154. The van der Waals surface area contributed by atoms with Crippen molar-refractivity contribution in [3.8, 4) is 5.88 Å². The topological polar surface area (TPSA) is 61.8 Å². The Morgan fingerprint density at radius 2 is 1.88 bits per heavy atom. The van der Waals surface area contributed by atoms with Gasteiger partial charge in [-0.3, -0.25) is 4.90 Å². The molecule has 0 unspecified atom stereocenters. The fraction of sp³-hybridized carbons (Fsp3) is 0.478. The number of likely N-dealkylation sites (tertiary alicyclic amines) is 1. The molecule has 1 aliphatic heterocycles. The van der Waals surface area contributed by atoms with Gasteiger partial charge in [0.1, 0.15) is 0 Å². The van der Waals surface area contributed by atoms with Crippen LogP contribution in [0.3, 0.4) is 0 Å². The van der Waals surface area contributed by atoms with Crippen LogP contribution in [-0.4, -0.2) is 54.3 Å². The maximum Gasteiger partial charge on any atom is 0.422 e. The molecule has 1 fully saturated rings. The molecule has 0 aliphatic carbocycles. The van der Waals surface area contributed by atoms with Gasteiger partial charge in [0.05, 0.1) is 6.54 Å². The number of rotatable bonds is 8. The Hall–Kier alpha value is -2.08. The molecular formula is C23H31F3IN5O. The van der Waals surface area contributed by atoms with E-state index >= 15 is 0 Å². The van der Waals surface area contributed by atoms with Crippen LogP contribution >= 0.6 is 24.0 Å². The summed E-state index contributed by atoms with van der Waals surface area (Å²) in [7, 11) is 0. The number of benzene rings is 1. The van der Waals surface area contributed by atoms with E-state index < -0.39 is 12.8 Å². The molecule has 3 rings (SSSR count). The number of guanidine groups is 1. The van der Waals surface area contributed by atoms with Gasteiger partial charge in [-0.2, -0.15) is 13.2 Å². The lowest BCUT2D eigenvalue weighted by atomic mass is 10.0. The SMILES string of the molecule is CCNC(=NCc1cccnc1OCC(F)(F)F)NC1CCN(Cc2ccccc2)CC1.I. The van der Waals surface area contributed by atoms with E-state index in [1.54, 1.807) is 12.1 Å². The molecule has 2 heterocycles. The van der Waals surface area contributed by atoms with Gasteiger partial charge in [0.25, 0.3) is 0 Å². The zero-order valence-corrected chi connectivity index (χ0v) is 21.0. The van der Waals surface area contributed by atoms with E-state index in [9.17, 15) is 13.2 Å². The minimum atomic E-state index is -4.41. The number of alkyl halides is 3. The fourth-order valence-corrected chi connectivity index (χ4v) is 3.58. The van der Waals surface area contributed by atoms with Gasteiger partial charge < -0.3 is 15.4 Å². The highest BCUT2D eigenvalue weighted by atomic mass is 127. The first-order valence-corrected chi connectivity index (χ1v) is 10.9. The molecular weight excluding hydrogens is 546 g/mol. The number of hydrogen-bond donors (Lipinski definition) is 2. The second-order valence-electron chi connectivity index (χ2n) is 7.75. The highest BCUT2D eigenvalue weighted by Gasteiger charge is 2.29. The summed E-state index contributed by atoms with van der Waals surface area (Å²) in [4.78, 5) is 10.9. The number of hydrogen-bond acceptors (Lipinski definition) is 4. The van der Waals surface area contributed by atoms with Crippen LogP contribution in [0.25, 0.3) is 0 Å². The van der Waals surface area contributed by atoms with Gasteiger partial charge in [-0.15, -0.1) is 24.0 Å². The Labute approximate surface area is 210 Å². The van der Waals surface area contributed by atoms with Gasteiger partial charge >= 0.3 is 6.18 Å². The first-order valence-electron chi connectivity index (χ1n) is 10.9. The van der Waals surface area contributed by atoms with Crippen LogP contribution in [0.15, 0.2) is 53.7 Å². The summed E-state index contributed by atoms with van der Waals surface area (Å²) in [5, 5.41) is 6.67. The molecule has 182 valence electrons. The van der Waals surface area contributed by atoms with Crippen LogP contribution in [0, 0.1) is 0 Å². The van der Waals surface area contributed by atoms with Crippen molar-refractivity contribution in [2.45, 2.75) is 45.1 Å². The average molecular weight is 577 g/mol. The van der Waals surface area contributed by atoms with Crippen LogP contribution in [0.1, 0.15) is 30.9 Å². The van der Waals surface area contributed by atoms with Gasteiger partial charge in [0.2, 0.25) is 5.88 Å². The molecule has 10 heteroatoms. The maximum absolute atomic E-state index is 12.5. The average Bonchev–Trinajstić information content (AvgIpc) is 2.78. The summed E-state index contributed by atoms with van der Waals surface area (Å²) in [5.41, 5.74) is 1.82. The van der Waals surface area contributed by atoms with Gasteiger partial charge in [-0.05, 0) is 31.4 Å². The number of nitrogens with zero attached hydrogens (tertiary/aromatic N) is 3. The first kappa shape index (κ1) is 27.2. The zero-order chi connectivity index (χ0) is 22.8. The first-order chi connectivity index (χ1) is 15.4. The Balaban J connectivity index is 0.00000385. The summed E-state index contributed by atoms with van der Waals surface area (Å²) < 4.78 is 42.3. The molecule has 1 aromatic carbocycles. The van der Waals surface area contributed by atoms with Crippen LogP contribution in [-0.2, 0) is 13.1 Å². The smallest absolute Gasteiger partial charge is 0.422 e. The van der Waals surface area contributed by atoms with Crippen molar-refractivity contribution in [1.29, 1.82) is 0 Å². The quantitative estimate of drug-likeness (QED) is 0.278. The van der Waals surface area contributed by atoms with Crippen molar-refractivity contribution in [2.24, 2.45) is 4.99 Å². The summed E-state index contributed by atoms with van der Waals surface area (Å²) in [6, 6.07) is 14.1. The molecule has 6 nitrogen and oxygen atoms in total. The van der Waals surface area contributed by atoms with Crippen molar-refractivity contribution in [1.82, 2.24) is 20.5 Å². The Bertz CT molecular complexity index is 859. The normalized spacial score (nSPS) is 15.6. The van der Waals surface area contributed by atoms with E-state index in [-0.39, 0.29) is 42.4 Å². The van der Waals surface area contributed by atoms with E-state index in [4.69, 9.17) is 4.74 Å². The highest BCUT2D eigenvalue weighted by molar-refractivity contribution is 14.0. The maximum atomic E-state index is 12.5. The second-order valence-corrected chi connectivity index (χ2v) is 7.75. The molecule has 2 N–H and O–H groups in total. The molecule has 1 saturated heterocycles. The molecule has 0 radical (unpaired) electrons. The van der Waals surface area contributed by atoms with Gasteiger partial charge in [-0.25, -0.2) is 9.98 Å². The highest BCUT2D eigenvalue weighted by Crippen LogP contribution is 2.20. The number of ether oxygens (including phenoxy) is 1. The van der Waals surface area contributed by atoms with E-state index in [0.29, 0.717) is 18.1 Å². The van der Waals surface area contributed by atoms with E-state index in [1.807, 2.05) is 13.0 Å². The zero-order valence-electron chi connectivity index (χ0n) is 18.6. The summed E-state index contributed by atoms with van der Waals surface area (Å²) in [5.74, 6) is 0.596. The van der Waals surface area contributed by atoms with Crippen LogP contribution in [0.2, 0.25) is 0 Å². The van der Waals surface area contributed by atoms with Gasteiger partial charge in [-0.1, -0.05) is 36.4 Å². The second kappa shape index (κ2) is 13.6. The molecule has 0 spiro atoms.